The average Bonchev–Trinajstić information content (AvgIpc) is 2.40. The van der Waals surface area contributed by atoms with Gasteiger partial charge in [0.15, 0.2) is 0 Å². The molecule has 0 fully saturated rings. The first-order chi connectivity index (χ1) is 9.08. The predicted molar refractivity (Wildman–Crippen MR) is 67.6 cm³/mol. The third-order valence-electron chi connectivity index (χ3n) is 2.72. The van der Waals surface area contributed by atoms with Gasteiger partial charge in [0.2, 0.25) is 5.43 Å². The van der Waals surface area contributed by atoms with Gasteiger partial charge in [-0.25, -0.2) is 14.2 Å². The molecule has 2 aromatic rings. The van der Waals surface area contributed by atoms with Crippen LogP contribution in [0.1, 0.15) is 24.2 Å². The minimum atomic E-state index is -0.708. The van der Waals surface area contributed by atoms with E-state index in [-0.39, 0.29) is 17.6 Å². The summed E-state index contributed by atoms with van der Waals surface area (Å²) >= 11 is 0. The van der Waals surface area contributed by atoms with Gasteiger partial charge in [0.1, 0.15) is 17.0 Å². The van der Waals surface area contributed by atoms with Gasteiger partial charge in [0, 0.05) is 12.7 Å². The van der Waals surface area contributed by atoms with Crippen LogP contribution in [0.5, 0.6) is 0 Å². The molecule has 0 saturated heterocycles. The molecule has 0 amide bonds. The molecular weight excluding hydrogens is 251 g/mol. The molecule has 0 saturated carbocycles. The highest BCUT2D eigenvalue weighted by Gasteiger charge is 2.17. The van der Waals surface area contributed by atoms with E-state index in [4.69, 9.17) is 4.74 Å². The zero-order valence-electron chi connectivity index (χ0n) is 10.6. The number of ether oxygens (including phenoxy) is 1. The summed E-state index contributed by atoms with van der Waals surface area (Å²) in [5.74, 6) is -1.32. The summed E-state index contributed by atoms with van der Waals surface area (Å²) in [6.45, 7) is 4.16. The molecule has 0 spiro atoms. The van der Waals surface area contributed by atoms with Crippen molar-refractivity contribution in [3.63, 3.8) is 0 Å². The summed E-state index contributed by atoms with van der Waals surface area (Å²) < 4.78 is 19.6. The smallest absolute Gasteiger partial charge is 0.343 e. The van der Waals surface area contributed by atoms with E-state index in [1.54, 1.807) is 11.5 Å². The van der Waals surface area contributed by atoms with Crippen LogP contribution in [0.3, 0.4) is 0 Å². The first-order valence-corrected chi connectivity index (χ1v) is 5.94. The second kappa shape index (κ2) is 5.17. The van der Waals surface area contributed by atoms with E-state index in [2.05, 4.69) is 4.98 Å². The Kier molecular flexibility index (Phi) is 3.59. The number of fused-ring (bicyclic) bond motifs is 1. The van der Waals surface area contributed by atoms with Gasteiger partial charge < -0.3 is 9.30 Å². The second-order valence-corrected chi connectivity index (χ2v) is 3.90. The van der Waals surface area contributed by atoms with Crippen molar-refractivity contribution >= 4 is 17.0 Å². The van der Waals surface area contributed by atoms with E-state index >= 15 is 0 Å². The Morgan fingerprint density at radius 3 is 2.84 bits per heavy atom. The first-order valence-electron chi connectivity index (χ1n) is 5.94. The van der Waals surface area contributed by atoms with Crippen molar-refractivity contribution in [3.05, 3.63) is 40.1 Å². The number of hydrogen-bond donors (Lipinski definition) is 0. The van der Waals surface area contributed by atoms with Crippen molar-refractivity contribution in [2.75, 3.05) is 6.61 Å². The lowest BCUT2D eigenvalue weighted by atomic mass is 10.2. The van der Waals surface area contributed by atoms with Crippen LogP contribution in [0, 0.1) is 5.82 Å². The molecule has 2 heterocycles. The van der Waals surface area contributed by atoms with Gasteiger partial charge in [-0.3, -0.25) is 4.79 Å². The Bertz CT molecular complexity index is 694. The van der Waals surface area contributed by atoms with Crippen LogP contribution in [-0.4, -0.2) is 22.1 Å². The summed E-state index contributed by atoms with van der Waals surface area (Å²) in [6.07, 6.45) is 2.44. The van der Waals surface area contributed by atoms with Crippen LogP contribution >= 0.6 is 0 Å². The molecule has 0 radical (unpaired) electrons. The minimum Gasteiger partial charge on any atom is -0.462 e. The number of carbonyl (C=O) groups is 1. The van der Waals surface area contributed by atoms with E-state index in [1.807, 2.05) is 6.92 Å². The molecule has 5 nitrogen and oxygen atoms in total. The zero-order valence-corrected chi connectivity index (χ0v) is 10.6. The Morgan fingerprint density at radius 1 is 1.47 bits per heavy atom. The fraction of sp³-hybridized carbons (Fsp3) is 0.308. The summed E-state index contributed by atoms with van der Waals surface area (Å²) in [6, 6.07) is 1.08. The lowest BCUT2D eigenvalue weighted by molar-refractivity contribution is 0.0524. The number of hydrogen-bond acceptors (Lipinski definition) is 4. The van der Waals surface area contributed by atoms with Crippen molar-refractivity contribution in [2.45, 2.75) is 20.4 Å². The Hall–Kier alpha value is -2.24. The molecule has 0 N–H and O–H groups in total. The fourth-order valence-electron chi connectivity index (χ4n) is 1.84. The maximum absolute atomic E-state index is 13.2. The molecule has 0 unspecified atom stereocenters. The summed E-state index contributed by atoms with van der Waals surface area (Å²) in [5.41, 5.74) is -0.323. The number of pyridine rings is 2. The molecule has 2 rings (SSSR count). The van der Waals surface area contributed by atoms with Crippen molar-refractivity contribution in [1.29, 1.82) is 0 Å². The molecule has 0 atom stereocenters. The molecule has 0 aromatic carbocycles. The maximum atomic E-state index is 13.2. The largest absolute Gasteiger partial charge is 0.462 e. The molecule has 100 valence electrons. The van der Waals surface area contributed by atoms with Gasteiger partial charge in [-0.05, 0) is 19.9 Å². The van der Waals surface area contributed by atoms with Crippen LogP contribution in [0.4, 0.5) is 4.39 Å². The van der Waals surface area contributed by atoms with Gasteiger partial charge in [0.25, 0.3) is 0 Å². The van der Waals surface area contributed by atoms with Crippen LogP contribution < -0.4 is 5.43 Å². The van der Waals surface area contributed by atoms with Gasteiger partial charge in [-0.2, -0.15) is 0 Å². The van der Waals surface area contributed by atoms with Crippen LogP contribution in [0.15, 0.2) is 23.3 Å². The third kappa shape index (κ3) is 2.33. The number of aromatic nitrogens is 2. The molecular formula is C13H13FN2O3. The highest BCUT2D eigenvalue weighted by atomic mass is 19.1. The zero-order chi connectivity index (χ0) is 14.0. The Morgan fingerprint density at radius 2 is 2.21 bits per heavy atom. The summed E-state index contributed by atoms with van der Waals surface area (Å²) in [4.78, 5) is 27.8. The van der Waals surface area contributed by atoms with E-state index < -0.39 is 17.2 Å². The van der Waals surface area contributed by atoms with Crippen molar-refractivity contribution < 1.29 is 13.9 Å². The lowest BCUT2D eigenvalue weighted by Crippen LogP contribution is -2.21. The van der Waals surface area contributed by atoms with E-state index in [1.165, 1.54) is 6.20 Å². The quantitative estimate of drug-likeness (QED) is 0.792. The number of rotatable bonds is 3. The second-order valence-electron chi connectivity index (χ2n) is 3.90. The van der Waals surface area contributed by atoms with Crippen LogP contribution in [-0.2, 0) is 11.3 Å². The topological polar surface area (TPSA) is 61.2 Å². The number of esters is 1. The Balaban J connectivity index is 2.77. The Labute approximate surface area is 108 Å². The molecule has 2 aromatic heterocycles. The van der Waals surface area contributed by atoms with Crippen molar-refractivity contribution in [1.82, 2.24) is 9.55 Å². The fourth-order valence-corrected chi connectivity index (χ4v) is 1.84. The summed E-state index contributed by atoms with van der Waals surface area (Å²) in [7, 11) is 0. The number of carbonyl (C=O) groups excluding carboxylic acids is 1. The molecule has 19 heavy (non-hydrogen) atoms. The number of nitrogens with zero attached hydrogens (tertiary/aromatic N) is 2. The summed E-state index contributed by atoms with van der Waals surface area (Å²) in [5, 5.41) is 0.0763. The average molecular weight is 264 g/mol. The molecule has 6 heteroatoms. The third-order valence-corrected chi connectivity index (χ3v) is 2.72. The van der Waals surface area contributed by atoms with Gasteiger partial charge in [0.05, 0.1) is 18.2 Å². The van der Waals surface area contributed by atoms with Gasteiger partial charge in [-0.15, -0.1) is 0 Å². The molecule has 0 aliphatic carbocycles. The highest BCUT2D eigenvalue weighted by molar-refractivity contribution is 5.93. The lowest BCUT2D eigenvalue weighted by Gasteiger charge is -2.10. The number of aryl methyl sites for hydroxylation is 1. The van der Waals surface area contributed by atoms with Crippen LogP contribution in [0.2, 0.25) is 0 Å². The standard InChI is InChI=1S/C13H13FN2O3/c1-3-16-7-10(13(18)19-4-2)11(17)9-5-8(14)6-15-12(9)16/h5-7H,3-4H2,1-2H3. The normalized spacial score (nSPS) is 10.7. The predicted octanol–water partition coefficient (Wildman–Crippen LogP) is 1.73. The number of halogens is 1. The SMILES string of the molecule is CCOC(=O)c1cn(CC)c2ncc(F)cc2c1=O. The van der Waals surface area contributed by atoms with Crippen molar-refractivity contribution in [3.8, 4) is 0 Å². The minimum absolute atomic E-state index is 0.0763. The van der Waals surface area contributed by atoms with Gasteiger partial charge in [-0.1, -0.05) is 0 Å². The van der Waals surface area contributed by atoms with Gasteiger partial charge >= 0.3 is 5.97 Å². The van der Waals surface area contributed by atoms with Crippen molar-refractivity contribution in [2.24, 2.45) is 0 Å². The molecule has 0 bridgehead atoms. The van der Waals surface area contributed by atoms with Crippen LogP contribution in [0.25, 0.3) is 11.0 Å². The highest BCUT2D eigenvalue weighted by Crippen LogP contribution is 2.11. The monoisotopic (exact) mass is 264 g/mol. The van der Waals surface area contributed by atoms with E-state index in [9.17, 15) is 14.0 Å². The maximum Gasteiger partial charge on any atom is 0.343 e. The van der Waals surface area contributed by atoms with E-state index in [0.29, 0.717) is 12.2 Å². The first kappa shape index (κ1) is 13.2. The van der Waals surface area contributed by atoms with E-state index in [0.717, 1.165) is 12.3 Å². The molecule has 0 aliphatic rings. The molecule has 0 aliphatic heterocycles.